The molecule has 1 aliphatic rings. The highest BCUT2D eigenvalue weighted by atomic mass is 16.3. The molecule has 2 heterocycles. The third-order valence-electron chi connectivity index (χ3n) is 3.20. The lowest BCUT2D eigenvalue weighted by atomic mass is 9.85. The minimum absolute atomic E-state index is 0.679. The van der Waals surface area contributed by atoms with Crippen LogP contribution in [0, 0.1) is 6.92 Å². The molecule has 0 aromatic carbocycles. The minimum Gasteiger partial charge on any atom is -0.385 e. The third kappa shape index (κ3) is 2.19. The third-order valence-corrected chi connectivity index (χ3v) is 3.20. The lowest BCUT2D eigenvalue weighted by molar-refractivity contribution is 0.0231. The quantitative estimate of drug-likeness (QED) is 0.729. The molecule has 1 aromatic rings. The zero-order chi connectivity index (χ0) is 10.7. The molecule has 82 valence electrons. The van der Waals surface area contributed by atoms with Gasteiger partial charge in [0.05, 0.1) is 5.60 Å². The van der Waals surface area contributed by atoms with Crippen LogP contribution in [-0.2, 0) is 5.60 Å². The van der Waals surface area contributed by atoms with Crippen molar-refractivity contribution in [2.24, 2.45) is 0 Å². The van der Waals surface area contributed by atoms with Crippen molar-refractivity contribution in [2.45, 2.75) is 31.8 Å². The number of hydrogen-bond donors (Lipinski definition) is 2. The number of aromatic nitrogens is 1. The van der Waals surface area contributed by atoms with Crippen molar-refractivity contribution in [1.29, 1.82) is 0 Å². The second-order valence-electron chi connectivity index (χ2n) is 4.33. The van der Waals surface area contributed by atoms with Gasteiger partial charge in [0, 0.05) is 18.0 Å². The Balaban J connectivity index is 2.30. The number of aliphatic hydroxyl groups is 1. The molecule has 3 heteroatoms. The van der Waals surface area contributed by atoms with E-state index in [1.165, 1.54) is 0 Å². The number of nitrogens with zero attached hydrogens (tertiary/aromatic N) is 1. The molecule has 15 heavy (non-hydrogen) atoms. The van der Waals surface area contributed by atoms with Crippen LogP contribution in [0.5, 0.6) is 0 Å². The van der Waals surface area contributed by atoms with Crippen molar-refractivity contribution in [2.75, 3.05) is 13.1 Å². The summed E-state index contributed by atoms with van der Waals surface area (Å²) in [5.41, 5.74) is 1.45. The van der Waals surface area contributed by atoms with Crippen molar-refractivity contribution < 1.29 is 5.11 Å². The molecule has 0 spiro atoms. The van der Waals surface area contributed by atoms with E-state index >= 15 is 0 Å². The van der Waals surface area contributed by atoms with Crippen LogP contribution in [0.15, 0.2) is 18.5 Å². The Morgan fingerprint density at radius 3 is 3.07 bits per heavy atom. The van der Waals surface area contributed by atoms with E-state index in [4.69, 9.17) is 0 Å². The van der Waals surface area contributed by atoms with Crippen LogP contribution in [0.2, 0.25) is 0 Å². The molecule has 2 rings (SSSR count). The molecule has 2 N–H and O–H groups in total. The summed E-state index contributed by atoms with van der Waals surface area (Å²) in [5, 5.41) is 13.9. The van der Waals surface area contributed by atoms with Gasteiger partial charge in [0.15, 0.2) is 0 Å². The highest BCUT2D eigenvalue weighted by Gasteiger charge is 2.31. The number of aryl methyl sites for hydroxylation is 1. The molecule has 0 aliphatic carbocycles. The summed E-state index contributed by atoms with van der Waals surface area (Å²) in [6.07, 6.45) is 6.20. The van der Waals surface area contributed by atoms with Crippen molar-refractivity contribution in [3.8, 4) is 0 Å². The smallest absolute Gasteiger partial charge is 0.0926 e. The predicted molar refractivity (Wildman–Crippen MR) is 59.6 cm³/mol. The molecule has 1 unspecified atom stereocenters. The number of pyridine rings is 1. The summed E-state index contributed by atoms with van der Waals surface area (Å²) in [5.74, 6) is 0. The summed E-state index contributed by atoms with van der Waals surface area (Å²) in [7, 11) is 0. The average molecular weight is 206 g/mol. The molecular formula is C12H18N2O. The van der Waals surface area contributed by atoms with Gasteiger partial charge >= 0.3 is 0 Å². The Kier molecular flexibility index (Phi) is 3.03. The molecule has 1 aromatic heterocycles. The van der Waals surface area contributed by atoms with Crippen molar-refractivity contribution in [1.82, 2.24) is 10.3 Å². The van der Waals surface area contributed by atoms with Crippen LogP contribution in [0.3, 0.4) is 0 Å². The maximum atomic E-state index is 10.6. The number of hydrogen-bond acceptors (Lipinski definition) is 3. The molecule has 3 nitrogen and oxygen atoms in total. The normalized spacial score (nSPS) is 27.3. The zero-order valence-corrected chi connectivity index (χ0v) is 9.16. The SMILES string of the molecule is Cc1ccncc1C1(O)CCCNCC1. The summed E-state index contributed by atoms with van der Waals surface area (Å²) >= 11 is 0. The molecule has 0 bridgehead atoms. The van der Waals surface area contributed by atoms with Crippen LogP contribution in [0.25, 0.3) is 0 Å². The molecule has 0 radical (unpaired) electrons. The fraction of sp³-hybridized carbons (Fsp3) is 0.583. The first kappa shape index (κ1) is 10.6. The van der Waals surface area contributed by atoms with Gasteiger partial charge in [-0.3, -0.25) is 4.98 Å². The van der Waals surface area contributed by atoms with E-state index in [1.807, 2.05) is 13.0 Å². The highest BCUT2D eigenvalue weighted by molar-refractivity contribution is 5.28. The van der Waals surface area contributed by atoms with Crippen LogP contribution in [-0.4, -0.2) is 23.2 Å². The Morgan fingerprint density at radius 1 is 1.40 bits per heavy atom. The first-order chi connectivity index (χ1) is 7.22. The van der Waals surface area contributed by atoms with Crippen LogP contribution in [0.4, 0.5) is 0 Å². The van der Waals surface area contributed by atoms with Crippen molar-refractivity contribution >= 4 is 0 Å². The maximum absolute atomic E-state index is 10.6. The van der Waals surface area contributed by atoms with Crippen molar-refractivity contribution in [3.63, 3.8) is 0 Å². The van der Waals surface area contributed by atoms with E-state index in [2.05, 4.69) is 10.3 Å². The fourth-order valence-corrected chi connectivity index (χ4v) is 2.27. The Hall–Kier alpha value is -0.930. The largest absolute Gasteiger partial charge is 0.385 e. The Morgan fingerprint density at radius 2 is 2.27 bits per heavy atom. The second-order valence-corrected chi connectivity index (χ2v) is 4.33. The summed E-state index contributed by atoms with van der Waals surface area (Å²) < 4.78 is 0. The van der Waals surface area contributed by atoms with Gasteiger partial charge in [0.25, 0.3) is 0 Å². The monoisotopic (exact) mass is 206 g/mol. The zero-order valence-electron chi connectivity index (χ0n) is 9.16. The first-order valence-corrected chi connectivity index (χ1v) is 5.56. The van der Waals surface area contributed by atoms with E-state index in [1.54, 1.807) is 12.4 Å². The van der Waals surface area contributed by atoms with Gasteiger partial charge in [-0.2, -0.15) is 0 Å². The summed E-state index contributed by atoms with van der Waals surface area (Å²) in [6, 6.07) is 1.96. The molecule has 1 saturated heterocycles. The standard InChI is InChI=1S/C12H18N2O/c1-10-3-7-14-9-11(10)12(15)4-2-6-13-8-5-12/h3,7,9,13,15H,2,4-6,8H2,1H3. The lowest BCUT2D eigenvalue weighted by Crippen LogP contribution is -2.28. The van der Waals surface area contributed by atoms with Gasteiger partial charge in [-0.15, -0.1) is 0 Å². The average Bonchev–Trinajstić information content (AvgIpc) is 2.44. The minimum atomic E-state index is -0.679. The number of rotatable bonds is 1. The van der Waals surface area contributed by atoms with Crippen LogP contribution in [0.1, 0.15) is 30.4 Å². The Bertz CT molecular complexity index is 330. The van der Waals surface area contributed by atoms with Crippen LogP contribution >= 0.6 is 0 Å². The van der Waals surface area contributed by atoms with E-state index in [0.29, 0.717) is 0 Å². The molecule has 0 saturated carbocycles. The topological polar surface area (TPSA) is 45.2 Å². The Labute approximate surface area is 90.5 Å². The van der Waals surface area contributed by atoms with E-state index in [-0.39, 0.29) is 0 Å². The van der Waals surface area contributed by atoms with Crippen molar-refractivity contribution in [3.05, 3.63) is 29.6 Å². The van der Waals surface area contributed by atoms with Gasteiger partial charge in [-0.25, -0.2) is 0 Å². The molecule has 0 amide bonds. The van der Waals surface area contributed by atoms with Gasteiger partial charge in [-0.1, -0.05) is 0 Å². The fourth-order valence-electron chi connectivity index (χ4n) is 2.27. The van der Waals surface area contributed by atoms with Gasteiger partial charge < -0.3 is 10.4 Å². The number of nitrogens with one attached hydrogen (secondary N) is 1. The maximum Gasteiger partial charge on any atom is 0.0926 e. The van der Waals surface area contributed by atoms with Gasteiger partial charge in [-0.05, 0) is 50.9 Å². The predicted octanol–water partition coefficient (Wildman–Crippen LogP) is 1.35. The van der Waals surface area contributed by atoms with E-state index in [9.17, 15) is 5.11 Å². The van der Waals surface area contributed by atoms with E-state index in [0.717, 1.165) is 43.5 Å². The second kappa shape index (κ2) is 4.29. The molecular weight excluding hydrogens is 188 g/mol. The van der Waals surface area contributed by atoms with E-state index < -0.39 is 5.60 Å². The van der Waals surface area contributed by atoms with Gasteiger partial charge in [0.1, 0.15) is 0 Å². The summed E-state index contributed by atoms with van der Waals surface area (Å²) in [6.45, 7) is 3.92. The molecule has 1 aliphatic heterocycles. The molecule has 1 atom stereocenters. The molecule has 1 fully saturated rings. The van der Waals surface area contributed by atoms with Gasteiger partial charge in [0.2, 0.25) is 0 Å². The first-order valence-electron chi connectivity index (χ1n) is 5.56. The summed E-state index contributed by atoms with van der Waals surface area (Å²) in [4.78, 5) is 4.12. The van der Waals surface area contributed by atoms with Crippen LogP contribution < -0.4 is 5.32 Å². The highest BCUT2D eigenvalue weighted by Crippen LogP contribution is 2.32. The lowest BCUT2D eigenvalue weighted by Gasteiger charge is -2.27.